The number of carbonyl (C=O) groups excluding carboxylic acids is 2. The summed E-state index contributed by atoms with van der Waals surface area (Å²) in [5.74, 6) is 0.256. The monoisotopic (exact) mass is 238 g/mol. The highest BCUT2D eigenvalue weighted by molar-refractivity contribution is 5.89. The van der Waals surface area contributed by atoms with E-state index in [0.717, 1.165) is 0 Å². The molecule has 0 radical (unpaired) electrons. The molecular weight excluding hydrogens is 224 g/mol. The Kier molecular flexibility index (Phi) is 3.36. The van der Waals surface area contributed by atoms with Crippen molar-refractivity contribution >= 4 is 11.8 Å². The van der Waals surface area contributed by atoms with Gasteiger partial charge in [0.1, 0.15) is 6.04 Å². The Bertz CT molecular complexity index is 404. The SMILES string of the molecule is CCC1NC(=O)CCN(Cc2ncon2)C1=O. The molecule has 0 spiro atoms. The van der Waals surface area contributed by atoms with E-state index >= 15 is 0 Å². The topological polar surface area (TPSA) is 88.3 Å². The zero-order valence-corrected chi connectivity index (χ0v) is 9.55. The van der Waals surface area contributed by atoms with Crippen LogP contribution in [0.1, 0.15) is 25.6 Å². The third-order valence-corrected chi connectivity index (χ3v) is 2.70. The molecule has 1 aromatic rings. The summed E-state index contributed by atoms with van der Waals surface area (Å²) in [5.41, 5.74) is 0. The number of carbonyl (C=O) groups is 2. The smallest absolute Gasteiger partial charge is 0.245 e. The van der Waals surface area contributed by atoms with Crippen molar-refractivity contribution in [3.63, 3.8) is 0 Å². The van der Waals surface area contributed by atoms with Gasteiger partial charge in [0.2, 0.25) is 18.2 Å². The van der Waals surface area contributed by atoms with Gasteiger partial charge in [-0.25, -0.2) is 0 Å². The average Bonchev–Trinajstić information content (AvgIpc) is 2.78. The van der Waals surface area contributed by atoms with Crippen LogP contribution in [0.2, 0.25) is 0 Å². The maximum Gasteiger partial charge on any atom is 0.245 e. The largest absolute Gasteiger partial charge is 0.344 e. The second kappa shape index (κ2) is 4.94. The van der Waals surface area contributed by atoms with Crippen LogP contribution in [0.15, 0.2) is 10.9 Å². The third kappa shape index (κ3) is 2.61. The van der Waals surface area contributed by atoms with Crippen LogP contribution in [0, 0.1) is 0 Å². The quantitative estimate of drug-likeness (QED) is 0.780. The molecule has 1 atom stereocenters. The first-order chi connectivity index (χ1) is 8.20. The van der Waals surface area contributed by atoms with E-state index in [-0.39, 0.29) is 18.4 Å². The predicted octanol–water partition coefficient (Wildman–Crippen LogP) is -0.303. The maximum atomic E-state index is 12.1. The molecule has 1 aromatic heterocycles. The van der Waals surface area contributed by atoms with Gasteiger partial charge >= 0.3 is 0 Å². The zero-order valence-electron chi connectivity index (χ0n) is 9.55. The Morgan fingerprint density at radius 2 is 2.41 bits per heavy atom. The molecule has 0 aliphatic carbocycles. The molecule has 0 saturated carbocycles. The van der Waals surface area contributed by atoms with Crippen LogP contribution in [-0.4, -0.2) is 39.4 Å². The minimum absolute atomic E-state index is 0.0943. The Hall–Kier alpha value is -1.92. The van der Waals surface area contributed by atoms with Gasteiger partial charge in [-0.1, -0.05) is 12.1 Å². The number of hydrogen-bond donors (Lipinski definition) is 1. The van der Waals surface area contributed by atoms with E-state index in [9.17, 15) is 9.59 Å². The highest BCUT2D eigenvalue weighted by atomic mass is 16.5. The second-order valence-corrected chi connectivity index (χ2v) is 3.89. The molecule has 2 amide bonds. The molecule has 2 rings (SSSR count). The van der Waals surface area contributed by atoms with Gasteiger partial charge in [0.15, 0.2) is 5.82 Å². The first-order valence-corrected chi connectivity index (χ1v) is 5.54. The van der Waals surface area contributed by atoms with Crippen molar-refractivity contribution in [2.45, 2.75) is 32.4 Å². The van der Waals surface area contributed by atoms with Crippen LogP contribution >= 0.6 is 0 Å². The van der Waals surface area contributed by atoms with E-state index in [1.54, 1.807) is 4.90 Å². The lowest BCUT2D eigenvalue weighted by molar-refractivity contribution is -0.134. The van der Waals surface area contributed by atoms with E-state index in [4.69, 9.17) is 0 Å². The normalized spacial score (nSPS) is 21.2. The lowest BCUT2D eigenvalue weighted by Gasteiger charge is -2.21. The first kappa shape index (κ1) is 11.6. The summed E-state index contributed by atoms with van der Waals surface area (Å²) in [6, 6.07) is -0.447. The van der Waals surface area contributed by atoms with Crippen molar-refractivity contribution in [3.8, 4) is 0 Å². The van der Waals surface area contributed by atoms with Crippen LogP contribution in [0.4, 0.5) is 0 Å². The Morgan fingerprint density at radius 1 is 1.59 bits per heavy atom. The van der Waals surface area contributed by atoms with Crippen LogP contribution < -0.4 is 5.32 Å². The van der Waals surface area contributed by atoms with Gasteiger partial charge in [0.25, 0.3) is 0 Å². The van der Waals surface area contributed by atoms with Gasteiger partial charge in [-0.2, -0.15) is 4.98 Å². The van der Waals surface area contributed by atoms with E-state index < -0.39 is 6.04 Å². The van der Waals surface area contributed by atoms with E-state index in [2.05, 4.69) is 20.0 Å². The first-order valence-electron chi connectivity index (χ1n) is 5.54. The van der Waals surface area contributed by atoms with Gasteiger partial charge < -0.3 is 14.7 Å². The van der Waals surface area contributed by atoms with Crippen LogP contribution in [0.3, 0.4) is 0 Å². The van der Waals surface area contributed by atoms with Gasteiger partial charge in [-0.05, 0) is 6.42 Å². The molecule has 17 heavy (non-hydrogen) atoms. The Labute approximate surface area is 98.2 Å². The van der Waals surface area contributed by atoms with Crippen LogP contribution in [0.25, 0.3) is 0 Å². The van der Waals surface area contributed by atoms with Gasteiger partial charge in [0.05, 0.1) is 6.54 Å². The predicted molar refractivity (Wildman–Crippen MR) is 56.6 cm³/mol. The third-order valence-electron chi connectivity index (χ3n) is 2.70. The van der Waals surface area contributed by atoms with Crippen molar-refractivity contribution in [2.24, 2.45) is 0 Å². The van der Waals surface area contributed by atoms with E-state index in [1.165, 1.54) is 6.39 Å². The fraction of sp³-hybridized carbons (Fsp3) is 0.600. The van der Waals surface area contributed by atoms with Crippen molar-refractivity contribution < 1.29 is 14.1 Å². The van der Waals surface area contributed by atoms with Gasteiger partial charge in [-0.15, -0.1) is 0 Å². The van der Waals surface area contributed by atoms with Crippen molar-refractivity contribution in [2.75, 3.05) is 6.54 Å². The molecule has 7 heteroatoms. The lowest BCUT2D eigenvalue weighted by Crippen LogP contribution is -2.44. The van der Waals surface area contributed by atoms with Crippen LogP contribution in [0.5, 0.6) is 0 Å². The average molecular weight is 238 g/mol. The van der Waals surface area contributed by atoms with Crippen LogP contribution in [-0.2, 0) is 16.1 Å². The minimum Gasteiger partial charge on any atom is -0.344 e. The summed E-state index contributed by atoms with van der Waals surface area (Å²) in [5, 5.41) is 6.35. The second-order valence-electron chi connectivity index (χ2n) is 3.89. The molecule has 1 unspecified atom stereocenters. The van der Waals surface area contributed by atoms with Crippen molar-refractivity contribution in [1.82, 2.24) is 20.4 Å². The molecule has 1 aliphatic heterocycles. The summed E-state index contributed by atoms with van der Waals surface area (Å²) in [6.07, 6.45) is 2.10. The zero-order chi connectivity index (χ0) is 12.3. The number of hydrogen-bond acceptors (Lipinski definition) is 5. The molecular formula is C10H14N4O3. The Morgan fingerprint density at radius 3 is 3.06 bits per heavy atom. The number of amides is 2. The number of nitrogens with zero attached hydrogens (tertiary/aromatic N) is 3. The summed E-state index contributed by atoms with van der Waals surface area (Å²) >= 11 is 0. The Balaban J connectivity index is 2.09. The van der Waals surface area contributed by atoms with Crippen molar-refractivity contribution in [3.05, 3.63) is 12.2 Å². The molecule has 0 aromatic carbocycles. The summed E-state index contributed by atoms with van der Waals surface area (Å²) in [7, 11) is 0. The minimum atomic E-state index is -0.447. The summed E-state index contributed by atoms with van der Waals surface area (Å²) in [6.45, 7) is 2.52. The highest BCUT2D eigenvalue weighted by Gasteiger charge is 2.29. The maximum absolute atomic E-state index is 12.1. The fourth-order valence-corrected chi connectivity index (χ4v) is 1.76. The lowest BCUT2D eigenvalue weighted by atomic mass is 10.2. The fourth-order valence-electron chi connectivity index (χ4n) is 1.76. The van der Waals surface area contributed by atoms with Gasteiger partial charge in [-0.3, -0.25) is 9.59 Å². The molecule has 7 nitrogen and oxygen atoms in total. The molecule has 2 heterocycles. The standard InChI is InChI=1S/C10H14N4O3/c1-2-7-10(16)14(4-3-9(15)12-7)5-8-11-6-17-13-8/h6-7H,2-5H2,1H3,(H,12,15). The number of aromatic nitrogens is 2. The van der Waals surface area contributed by atoms with E-state index in [0.29, 0.717) is 25.2 Å². The van der Waals surface area contributed by atoms with E-state index in [1.807, 2.05) is 6.92 Å². The molecule has 92 valence electrons. The highest BCUT2D eigenvalue weighted by Crippen LogP contribution is 2.09. The molecule has 1 saturated heterocycles. The molecule has 0 bridgehead atoms. The number of rotatable bonds is 3. The van der Waals surface area contributed by atoms with Gasteiger partial charge in [0, 0.05) is 13.0 Å². The van der Waals surface area contributed by atoms with Crippen molar-refractivity contribution in [1.29, 1.82) is 0 Å². The molecule has 1 N–H and O–H groups in total. The summed E-state index contributed by atoms with van der Waals surface area (Å²) < 4.78 is 4.62. The summed E-state index contributed by atoms with van der Waals surface area (Å²) in [4.78, 5) is 28.9. The number of nitrogens with one attached hydrogen (secondary N) is 1. The molecule has 1 aliphatic rings. The molecule has 1 fully saturated rings.